The summed E-state index contributed by atoms with van der Waals surface area (Å²) in [5.74, 6) is 0.366. The van der Waals surface area contributed by atoms with Gasteiger partial charge in [0.2, 0.25) is 0 Å². The Labute approximate surface area is 113 Å². The summed E-state index contributed by atoms with van der Waals surface area (Å²) in [5.41, 5.74) is 4.27. The predicted octanol–water partition coefficient (Wildman–Crippen LogP) is 3.70. The molecule has 0 heterocycles. The highest BCUT2D eigenvalue weighted by molar-refractivity contribution is 5.92. The van der Waals surface area contributed by atoms with E-state index in [1.54, 1.807) is 6.07 Å². The lowest BCUT2D eigenvalue weighted by molar-refractivity contribution is 0.0734. The van der Waals surface area contributed by atoms with Crippen LogP contribution in [-0.4, -0.2) is 5.97 Å². The number of esters is 1. The zero-order chi connectivity index (χ0) is 13.2. The summed E-state index contributed by atoms with van der Waals surface area (Å²) < 4.78 is 5.47. The SMILES string of the molecule is Cc1ccccc1C(=O)Oc1ccc2c(c1)CCC2. The molecule has 96 valence electrons. The lowest BCUT2D eigenvalue weighted by atomic mass is 10.1. The fourth-order valence-electron chi connectivity index (χ4n) is 2.58. The molecule has 1 aliphatic carbocycles. The van der Waals surface area contributed by atoms with Crippen LogP contribution >= 0.6 is 0 Å². The minimum atomic E-state index is -0.281. The summed E-state index contributed by atoms with van der Waals surface area (Å²) in [6.07, 6.45) is 3.43. The number of fused-ring (bicyclic) bond motifs is 1. The van der Waals surface area contributed by atoms with E-state index in [0.717, 1.165) is 18.4 Å². The van der Waals surface area contributed by atoms with Crippen LogP contribution in [0.2, 0.25) is 0 Å². The molecule has 0 atom stereocenters. The molecule has 0 unspecified atom stereocenters. The molecule has 0 aromatic heterocycles. The number of ether oxygens (including phenoxy) is 1. The maximum Gasteiger partial charge on any atom is 0.343 e. The fraction of sp³-hybridized carbons (Fsp3) is 0.235. The number of carbonyl (C=O) groups is 1. The molecular weight excluding hydrogens is 236 g/mol. The molecule has 0 fully saturated rings. The van der Waals surface area contributed by atoms with Crippen molar-refractivity contribution < 1.29 is 9.53 Å². The average molecular weight is 252 g/mol. The van der Waals surface area contributed by atoms with Crippen LogP contribution in [0.4, 0.5) is 0 Å². The van der Waals surface area contributed by atoms with Gasteiger partial charge in [-0.05, 0) is 61.1 Å². The summed E-state index contributed by atoms with van der Waals surface area (Å²) in [5, 5.41) is 0. The van der Waals surface area contributed by atoms with Gasteiger partial charge >= 0.3 is 5.97 Å². The summed E-state index contributed by atoms with van der Waals surface area (Å²) >= 11 is 0. The third-order valence-corrected chi connectivity index (χ3v) is 3.65. The van der Waals surface area contributed by atoms with Gasteiger partial charge in [-0.2, -0.15) is 0 Å². The van der Waals surface area contributed by atoms with Gasteiger partial charge in [-0.1, -0.05) is 24.3 Å². The molecule has 2 heteroatoms. The van der Waals surface area contributed by atoms with Crippen LogP contribution in [0, 0.1) is 6.92 Å². The molecule has 19 heavy (non-hydrogen) atoms. The van der Waals surface area contributed by atoms with E-state index < -0.39 is 0 Å². The Morgan fingerprint density at radius 2 is 1.84 bits per heavy atom. The molecule has 0 spiro atoms. The number of rotatable bonds is 2. The normalized spacial score (nSPS) is 13.1. The van der Waals surface area contributed by atoms with Gasteiger partial charge < -0.3 is 4.74 Å². The maximum atomic E-state index is 12.1. The van der Waals surface area contributed by atoms with Crippen molar-refractivity contribution in [2.24, 2.45) is 0 Å². The van der Waals surface area contributed by atoms with E-state index in [0.29, 0.717) is 11.3 Å². The van der Waals surface area contributed by atoms with Crippen LogP contribution in [0.15, 0.2) is 42.5 Å². The molecule has 0 N–H and O–H groups in total. The van der Waals surface area contributed by atoms with E-state index >= 15 is 0 Å². The van der Waals surface area contributed by atoms with E-state index in [4.69, 9.17) is 4.74 Å². The van der Waals surface area contributed by atoms with Gasteiger partial charge in [-0.3, -0.25) is 0 Å². The quantitative estimate of drug-likeness (QED) is 0.601. The van der Waals surface area contributed by atoms with Crippen LogP contribution in [0.1, 0.15) is 33.5 Å². The lowest BCUT2D eigenvalue weighted by Gasteiger charge is -2.08. The summed E-state index contributed by atoms with van der Waals surface area (Å²) in [4.78, 5) is 12.1. The Kier molecular flexibility index (Phi) is 3.08. The van der Waals surface area contributed by atoms with Crippen molar-refractivity contribution in [2.45, 2.75) is 26.2 Å². The van der Waals surface area contributed by atoms with E-state index in [-0.39, 0.29) is 5.97 Å². The van der Waals surface area contributed by atoms with Crippen LogP contribution in [-0.2, 0) is 12.8 Å². The van der Waals surface area contributed by atoms with Gasteiger partial charge in [-0.15, -0.1) is 0 Å². The molecule has 1 aliphatic rings. The lowest BCUT2D eigenvalue weighted by Crippen LogP contribution is -2.10. The standard InChI is InChI=1S/C17H16O2/c1-12-5-2-3-8-16(12)17(18)19-15-10-9-13-6-4-7-14(13)11-15/h2-3,5,8-11H,4,6-7H2,1H3. The molecule has 2 nitrogen and oxygen atoms in total. The zero-order valence-corrected chi connectivity index (χ0v) is 11.0. The molecule has 0 radical (unpaired) electrons. The minimum absolute atomic E-state index is 0.281. The molecule has 0 amide bonds. The van der Waals surface area contributed by atoms with E-state index in [1.807, 2.05) is 37.3 Å². The number of hydrogen-bond donors (Lipinski definition) is 0. The second-order valence-electron chi connectivity index (χ2n) is 4.99. The third-order valence-electron chi connectivity index (χ3n) is 3.65. The van der Waals surface area contributed by atoms with Crippen molar-refractivity contribution in [2.75, 3.05) is 0 Å². The zero-order valence-electron chi connectivity index (χ0n) is 11.0. The monoisotopic (exact) mass is 252 g/mol. The topological polar surface area (TPSA) is 26.3 Å². The number of aryl methyl sites for hydroxylation is 3. The van der Waals surface area contributed by atoms with Gasteiger partial charge in [0.15, 0.2) is 0 Å². The molecule has 0 saturated carbocycles. The van der Waals surface area contributed by atoms with E-state index in [2.05, 4.69) is 6.07 Å². The van der Waals surface area contributed by atoms with Gasteiger partial charge in [0.05, 0.1) is 5.56 Å². The van der Waals surface area contributed by atoms with Crippen LogP contribution in [0.25, 0.3) is 0 Å². The highest BCUT2D eigenvalue weighted by Gasteiger charge is 2.14. The number of carbonyl (C=O) groups excluding carboxylic acids is 1. The highest BCUT2D eigenvalue weighted by atomic mass is 16.5. The van der Waals surface area contributed by atoms with Crippen molar-refractivity contribution in [3.05, 3.63) is 64.7 Å². The molecule has 2 aromatic rings. The average Bonchev–Trinajstić information content (AvgIpc) is 2.86. The largest absolute Gasteiger partial charge is 0.423 e. The van der Waals surface area contributed by atoms with Crippen LogP contribution in [0.5, 0.6) is 5.75 Å². The van der Waals surface area contributed by atoms with Gasteiger partial charge in [0.1, 0.15) is 5.75 Å². The molecule has 0 bridgehead atoms. The smallest absolute Gasteiger partial charge is 0.343 e. The van der Waals surface area contributed by atoms with Crippen molar-refractivity contribution in [1.29, 1.82) is 0 Å². The Balaban J connectivity index is 1.82. The second-order valence-corrected chi connectivity index (χ2v) is 4.99. The molecule has 3 rings (SSSR count). The Bertz CT molecular complexity index is 629. The molecule has 0 aliphatic heterocycles. The first-order valence-electron chi connectivity index (χ1n) is 6.63. The van der Waals surface area contributed by atoms with Crippen molar-refractivity contribution in [3.63, 3.8) is 0 Å². The van der Waals surface area contributed by atoms with E-state index in [1.165, 1.54) is 17.5 Å². The van der Waals surface area contributed by atoms with E-state index in [9.17, 15) is 4.79 Å². The first-order chi connectivity index (χ1) is 9.24. The molecule has 0 saturated heterocycles. The highest BCUT2D eigenvalue weighted by Crippen LogP contribution is 2.26. The summed E-state index contributed by atoms with van der Waals surface area (Å²) in [6, 6.07) is 13.4. The number of benzene rings is 2. The summed E-state index contributed by atoms with van der Waals surface area (Å²) in [6.45, 7) is 1.92. The Morgan fingerprint density at radius 3 is 2.68 bits per heavy atom. The van der Waals surface area contributed by atoms with Gasteiger partial charge in [0, 0.05) is 0 Å². The van der Waals surface area contributed by atoms with Crippen molar-refractivity contribution in [3.8, 4) is 5.75 Å². The Morgan fingerprint density at radius 1 is 1.05 bits per heavy atom. The summed E-state index contributed by atoms with van der Waals surface area (Å²) in [7, 11) is 0. The minimum Gasteiger partial charge on any atom is -0.423 e. The fourth-order valence-corrected chi connectivity index (χ4v) is 2.58. The molecule has 2 aromatic carbocycles. The first kappa shape index (κ1) is 12.0. The predicted molar refractivity (Wildman–Crippen MR) is 74.6 cm³/mol. The van der Waals surface area contributed by atoms with Crippen LogP contribution in [0.3, 0.4) is 0 Å². The van der Waals surface area contributed by atoms with Crippen LogP contribution < -0.4 is 4.74 Å². The third kappa shape index (κ3) is 2.39. The second kappa shape index (κ2) is 4.88. The van der Waals surface area contributed by atoms with Gasteiger partial charge in [0.25, 0.3) is 0 Å². The molecular formula is C17H16O2. The van der Waals surface area contributed by atoms with Gasteiger partial charge in [-0.25, -0.2) is 4.79 Å². The first-order valence-corrected chi connectivity index (χ1v) is 6.63. The Hall–Kier alpha value is -2.09. The van der Waals surface area contributed by atoms with Crippen molar-refractivity contribution in [1.82, 2.24) is 0 Å². The number of hydrogen-bond acceptors (Lipinski definition) is 2. The van der Waals surface area contributed by atoms with Crippen molar-refractivity contribution >= 4 is 5.97 Å². The maximum absolute atomic E-state index is 12.1.